The second-order valence-corrected chi connectivity index (χ2v) is 6.43. The number of aliphatic hydroxyl groups is 1. The summed E-state index contributed by atoms with van der Waals surface area (Å²) in [5, 5.41) is 13.7. The number of hydrogen-bond acceptors (Lipinski definition) is 6. The summed E-state index contributed by atoms with van der Waals surface area (Å²) in [5.41, 5.74) is 5.80. The number of nitrogens with two attached hydrogens (primary N) is 1. The fourth-order valence-electron chi connectivity index (χ4n) is 3.18. The quantitative estimate of drug-likeness (QED) is 0.833. The minimum atomic E-state index is -0.581. The highest BCUT2D eigenvalue weighted by Crippen LogP contribution is 2.35. The molecule has 0 unspecified atom stereocenters. The van der Waals surface area contributed by atoms with Crippen LogP contribution in [-0.4, -0.2) is 44.7 Å². The molecule has 2 aliphatic carbocycles. The highest BCUT2D eigenvalue weighted by molar-refractivity contribution is 5.79. The third-order valence-electron chi connectivity index (χ3n) is 4.89. The Hall–Kier alpha value is -1.47. The van der Waals surface area contributed by atoms with Crippen molar-refractivity contribution in [1.82, 2.24) is 15.0 Å². The van der Waals surface area contributed by atoms with Crippen molar-refractivity contribution < 1.29 is 14.4 Å². The number of rotatable bonds is 5. The van der Waals surface area contributed by atoms with Gasteiger partial charge in [0, 0.05) is 24.4 Å². The Morgan fingerprint density at radius 3 is 2.77 bits per heavy atom. The lowest BCUT2D eigenvalue weighted by atomic mass is 9.85. The van der Waals surface area contributed by atoms with E-state index in [1.165, 1.54) is 6.42 Å². The average Bonchev–Trinajstić information content (AvgIpc) is 3.01. The van der Waals surface area contributed by atoms with Crippen LogP contribution in [-0.2, 0) is 11.3 Å². The molecule has 3 N–H and O–H groups in total. The first-order valence-corrected chi connectivity index (χ1v) is 8.13. The molecule has 2 aliphatic rings. The summed E-state index contributed by atoms with van der Waals surface area (Å²) in [6.07, 6.45) is 3.83. The monoisotopic (exact) mass is 308 g/mol. The van der Waals surface area contributed by atoms with Gasteiger partial charge in [0.15, 0.2) is 5.82 Å². The van der Waals surface area contributed by atoms with Gasteiger partial charge in [-0.15, -0.1) is 0 Å². The van der Waals surface area contributed by atoms with Gasteiger partial charge >= 0.3 is 0 Å². The topological polar surface area (TPSA) is 105 Å². The van der Waals surface area contributed by atoms with E-state index in [4.69, 9.17) is 10.3 Å². The smallest absolute Gasteiger partial charge is 0.229 e. The molecule has 0 aliphatic heterocycles. The van der Waals surface area contributed by atoms with Crippen LogP contribution in [0, 0.1) is 5.92 Å². The summed E-state index contributed by atoms with van der Waals surface area (Å²) in [7, 11) is 0. The van der Waals surface area contributed by atoms with E-state index in [9.17, 15) is 9.90 Å². The van der Waals surface area contributed by atoms with Crippen LogP contribution in [0.4, 0.5) is 0 Å². The Morgan fingerprint density at radius 2 is 2.23 bits per heavy atom. The molecule has 3 rings (SSSR count). The van der Waals surface area contributed by atoms with Gasteiger partial charge in [0.05, 0.1) is 12.6 Å². The summed E-state index contributed by atoms with van der Waals surface area (Å²) >= 11 is 0. The van der Waals surface area contributed by atoms with Crippen LogP contribution in [0.15, 0.2) is 4.52 Å². The van der Waals surface area contributed by atoms with Crippen LogP contribution in [0.5, 0.6) is 0 Å². The minimum Gasteiger partial charge on any atom is -0.391 e. The maximum atomic E-state index is 12.6. The van der Waals surface area contributed by atoms with Crippen molar-refractivity contribution in [3.8, 4) is 0 Å². The van der Waals surface area contributed by atoms with Crippen LogP contribution in [0.1, 0.15) is 56.7 Å². The molecule has 1 heterocycles. The zero-order valence-corrected chi connectivity index (χ0v) is 12.9. The van der Waals surface area contributed by atoms with Gasteiger partial charge in [-0.3, -0.25) is 4.79 Å². The largest absolute Gasteiger partial charge is 0.391 e. The first-order valence-electron chi connectivity index (χ1n) is 8.13. The minimum absolute atomic E-state index is 0.0181. The normalized spacial score (nSPS) is 28.6. The van der Waals surface area contributed by atoms with E-state index in [-0.39, 0.29) is 17.9 Å². The number of amides is 1. The maximum Gasteiger partial charge on any atom is 0.229 e. The molecule has 0 spiro atoms. The fourth-order valence-corrected chi connectivity index (χ4v) is 3.18. The van der Waals surface area contributed by atoms with Gasteiger partial charge in [-0.2, -0.15) is 4.98 Å². The maximum absolute atomic E-state index is 12.6. The van der Waals surface area contributed by atoms with E-state index < -0.39 is 6.10 Å². The second-order valence-electron chi connectivity index (χ2n) is 6.43. The van der Waals surface area contributed by atoms with Crippen molar-refractivity contribution in [2.24, 2.45) is 11.7 Å². The number of carbonyl (C=O) groups is 1. The molecule has 1 amide bonds. The van der Waals surface area contributed by atoms with Crippen LogP contribution in [0.2, 0.25) is 0 Å². The van der Waals surface area contributed by atoms with E-state index in [0.29, 0.717) is 43.6 Å². The average molecular weight is 308 g/mol. The molecule has 0 radical (unpaired) electrons. The van der Waals surface area contributed by atoms with Crippen molar-refractivity contribution in [3.63, 3.8) is 0 Å². The van der Waals surface area contributed by atoms with Gasteiger partial charge in [0.2, 0.25) is 11.8 Å². The molecule has 0 bridgehead atoms. The molecule has 2 saturated carbocycles. The summed E-state index contributed by atoms with van der Waals surface area (Å²) in [6, 6.07) is -0.303. The number of aromatic nitrogens is 2. The van der Waals surface area contributed by atoms with Crippen molar-refractivity contribution in [3.05, 3.63) is 11.7 Å². The lowest BCUT2D eigenvalue weighted by Crippen LogP contribution is -2.35. The zero-order chi connectivity index (χ0) is 15.7. The van der Waals surface area contributed by atoms with E-state index in [2.05, 4.69) is 10.1 Å². The van der Waals surface area contributed by atoms with Crippen LogP contribution >= 0.6 is 0 Å². The van der Waals surface area contributed by atoms with Gasteiger partial charge in [0.1, 0.15) is 0 Å². The Balaban J connectivity index is 1.61. The predicted molar refractivity (Wildman–Crippen MR) is 78.7 cm³/mol. The lowest BCUT2D eigenvalue weighted by molar-refractivity contribution is -0.136. The van der Waals surface area contributed by atoms with E-state index in [1.807, 2.05) is 6.92 Å². The summed E-state index contributed by atoms with van der Waals surface area (Å²) in [5.74, 6) is 1.46. The number of carbonyl (C=O) groups excluding carboxylic acids is 1. The Kier molecular flexibility index (Phi) is 4.44. The Morgan fingerprint density at radius 1 is 1.45 bits per heavy atom. The molecule has 22 heavy (non-hydrogen) atoms. The van der Waals surface area contributed by atoms with Gasteiger partial charge in [-0.25, -0.2) is 0 Å². The van der Waals surface area contributed by atoms with E-state index in [0.717, 1.165) is 12.8 Å². The summed E-state index contributed by atoms with van der Waals surface area (Å²) in [4.78, 5) is 18.7. The predicted octanol–water partition coefficient (Wildman–Crippen LogP) is 0.784. The number of nitrogens with zero attached hydrogens (tertiary/aromatic N) is 3. The first-order chi connectivity index (χ1) is 10.6. The van der Waals surface area contributed by atoms with Crippen molar-refractivity contribution in [2.75, 3.05) is 6.54 Å². The summed E-state index contributed by atoms with van der Waals surface area (Å²) in [6.45, 7) is 2.86. The van der Waals surface area contributed by atoms with Gasteiger partial charge in [-0.05, 0) is 32.6 Å². The van der Waals surface area contributed by atoms with Gasteiger partial charge in [0.25, 0.3) is 0 Å². The summed E-state index contributed by atoms with van der Waals surface area (Å²) < 4.78 is 5.29. The molecule has 3 atom stereocenters. The Bertz CT molecular complexity index is 519. The molecule has 2 fully saturated rings. The molecule has 0 aromatic carbocycles. The van der Waals surface area contributed by atoms with Crippen LogP contribution < -0.4 is 5.73 Å². The standard InChI is InChI=1S/C15H24N4O3/c1-2-19(15(21)10-6-11(16)12(20)7-10)8-13-17-14(22-18-13)9-4-3-5-9/h9-12,20H,2-8,16H2,1H3/t10-,11-,12-/m0/s1. The molecule has 7 heteroatoms. The SMILES string of the molecule is CCN(Cc1noc(C2CCC2)n1)C(=O)[C@H]1C[C@H](N)[C@@H](O)C1. The molecule has 0 saturated heterocycles. The van der Waals surface area contributed by atoms with E-state index in [1.54, 1.807) is 4.90 Å². The molecule has 1 aromatic heterocycles. The molecule has 1 aromatic rings. The Labute approximate surface area is 129 Å². The van der Waals surface area contributed by atoms with Crippen molar-refractivity contribution in [2.45, 2.75) is 63.6 Å². The van der Waals surface area contributed by atoms with Gasteiger partial charge in [-0.1, -0.05) is 11.6 Å². The molecular formula is C15H24N4O3. The second kappa shape index (κ2) is 6.34. The van der Waals surface area contributed by atoms with E-state index >= 15 is 0 Å². The van der Waals surface area contributed by atoms with Crippen molar-refractivity contribution in [1.29, 1.82) is 0 Å². The first kappa shape index (κ1) is 15.4. The fraction of sp³-hybridized carbons (Fsp3) is 0.800. The third kappa shape index (κ3) is 3.01. The lowest BCUT2D eigenvalue weighted by Gasteiger charge is -2.23. The zero-order valence-electron chi connectivity index (χ0n) is 12.9. The molecule has 7 nitrogen and oxygen atoms in total. The number of hydrogen-bond donors (Lipinski definition) is 2. The molecular weight excluding hydrogens is 284 g/mol. The van der Waals surface area contributed by atoms with Crippen LogP contribution in [0.3, 0.4) is 0 Å². The highest BCUT2D eigenvalue weighted by Gasteiger charge is 2.36. The van der Waals surface area contributed by atoms with Crippen LogP contribution in [0.25, 0.3) is 0 Å². The number of aliphatic hydroxyl groups excluding tert-OH is 1. The van der Waals surface area contributed by atoms with Gasteiger partial charge < -0.3 is 20.3 Å². The highest BCUT2D eigenvalue weighted by atomic mass is 16.5. The molecule has 122 valence electrons. The third-order valence-corrected chi connectivity index (χ3v) is 4.89. The van der Waals surface area contributed by atoms with Crippen molar-refractivity contribution >= 4 is 5.91 Å².